The third kappa shape index (κ3) is 3.76. The lowest BCUT2D eigenvalue weighted by atomic mass is 10.1. The van der Waals surface area contributed by atoms with Gasteiger partial charge >= 0.3 is 0 Å². The second-order valence-corrected chi connectivity index (χ2v) is 4.18. The van der Waals surface area contributed by atoms with E-state index in [0.717, 1.165) is 11.8 Å². The zero-order chi connectivity index (χ0) is 8.27. The summed E-state index contributed by atoms with van der Waals surface area (Å²) in [6.07, 6.45) is 4.27. The molecule has 0 heterocycles. The Bertz CT molecular complexity index is 107. The normalized spacial score (nSPS) is 20.7. The number of rotatable bonds is 5. The molecule has 1 heteroatoms. The number of nitrogens with zero attached hydrogens (tertiary/aromatic N) is 1. The summed E-state index contributed by atoms with van der Waals surface area (Å²) in [6.45, 7) is 7.23. The smallest absolute Gasteiger partial charge is 0.000672 e. The first-order valence-corrected chi connectivity index (χ1v) is 4.91. The molecule has 0 aromatic carbocycles. The van der Waals surface area contributed by atoms with E-state index in [2.05, 4.69) is 25.8 Å². The molecule has 0 radical (unpaired) electrons. The van der Waals surface area contributed by atoms with E-state index in [9.17, 15) is 0 Å². The monoisotopic (exact) mass is 155 g/mol. The fourth-order valence-corrected chi connectivity index (χ4v) is 1.48. The molecule has 0 aliphatic heterocycles. The van der Waals surface area contributed by atoms with Crippen molar-refractivity contribution in [2.75, 3.05) is 20.1 Å². The second kappa shape index (κ2) is 4.10. The van der Waals surface area contributed by atoms with E-state index in [1.807, 2.05) is 0 Å². The predicted octanol–water partition coefficient (Wildman–Crippen LogP) is 2.37. The van der Waals surface area contributed by atoms with Gasteiger partial charge in [-0.1, -0.05) is 20.3 Å². The van der Waals surface area contributed by atoms with Crippen LogP contribution in [0.15, 0.2) is 0 Å². The summed E-state index contributed by atoms with van der Waals surface area (Å²) in [5, 5.41) is 0. The van der Waals surface area contributed by atoms with Crippen LogP contribution in [-0.4, -0.2) is 25.0 Å². The van der Waals surface area contributed by atoms with Crippen LogP contribution in [0.3, 0.4) is 0 Å². The Morgan fingerprint density at radius 1 is 1.45 bits per heavy atom. The van der Waals surface area contributed by atoms with Crippen LogP contribution in [0.1, 0.15) is 33.1 Å². The molecule has 0 amide bonds. The highest BCUT2D eigenvalue weighted by Crippen LogP contribution is 2.29. The fraction of sp³-hybridized carbons (Fsp3) is 1.00. The third-order valence-corrected chi connectivity index (χ3v) is 2.59. The molecule has 1 nitrogen and oxygen atoms in total. The molecule has 1 rings (SSSR count). The molecule has 0 saturated heterocycles. The van der Waals surface area contributed by atoms with Crippen LogP contribution in [0.5, 0.6) is 0 Å². The van der Waals surface area contributed by atoms with Crippen LogP contribution in [0.2, 0.25) is 0 Å². The Hall–Kier alpha value is -0.0400. The van der Waals surface area contributed by atoms with Gasteiger partial charge in [0.05, 0.1) is 0 Å². The van der Waals surface area contributed by atoms with Crippen LogP contribution < -0.4 is 0 Å². The topological polar surface area (TPSA) is 3.24 Å². The lowest BCUT2D eigenvalue weighted by Gasteiger charge is -2.19. The van der Waals surface area contributed by atoms with Gasteiger partial charge in [0.2, 0.25) is 0 Å². The van der Waals surface area contributed by atoms with Gasteiger partial charge in [-0.15, -0.1) is 0 Å². The summed E-state index contributed by atoms with van der Waals surface area (Å²) < 4.78 is 0. The standard InChI is InChI=1S/C10H21N/c1-4-9(2)7-11(3)8-10-5-6-10/h9-10H,4-8H2,1-3H3. The summed E-state index contributed by atoms with van der Waals surface area (Å²) in [5.41, 5.74) is 0. The van der Waals surface area contributed by atoms with Crippen molar-refractivity contribution in [2.24, 2.45) is 11.8 Å². The minimum atomic E-state index is 0.874. The largest absolute Gasteiger partial charge is 0.306 e. The maximum Gasteiger partial charge on any atom is 0.000672 e. The Morgan fingerprint density at radius 3 is 2.55 bits per heavy atom. The third-order valence-electron chi connectivity index (χ3n) is 2.59. The maximum absolute atomic E-state index is 2.49. The molecule has 1 saturated carbocycles. The molecular formula is C10H21N. The molecular weight excluding hydrogens is 134 g/mol. The Balaban J connectivity index is 2.03. The van der Waals surface area contributed by atoms with Gasteiger partial charge in [-0.2, -0.15) is 0 Å². The molecule has 1 aliphatic carbocycles. The number of hydrogen-bond acceptors (Lipinski definition) is 1. The molecule has 1 fully saturated rings. The zero-order valence-corrected chi connectivity index (χ0v) is 8.14. The van der Waals surface area contributed by atoms with Crippen molar-refractivity contribution in [3.63, 3.8) is 0 Å². The van der Waals surface area contributed by atoms with E-state index in [0.29, 0.717) is 0 Å². The molecule has 66 valence electrons. The van der Waals surface area contributed by atoms with Crippen molar-refractivity contribution in [1.82, 2.24) is 4.90 Å². The molecule has 1 aliphatic rings. The average molecular weight is 155 g/mol. The van der Waals surface area contributed by atoms with Gasteiger partial charge in [0, 0.05) is 13.1 Å². The summed E-state index contributed by atoms with van der Waals surface area (Å²) >= 11 is 0. The molecule has 1 atom stereocenters. The Kier molecular flexibility index (Phi) is 3.38. The summed E-state index contributed by atoms with van der Waals surface area (Å²) in [5.74, 6) is 1.92. The maximum atomic E-state index is 2.49. The Labute approximate surface area is 70.8 Å². The van der Waals surface area contributed by atoms with Gasteiger partial charge in [0.1, 0.15) is 0 Å². The summed E-state index contributed by atoms with van der Waals surface area (Å²) in [7, 11) is 2.25. The van der Waals surface area contributed by atoms with Gasteiger partial charge in [0.15, 0.2) is 0 Å². The first-order valence-electron chi connectivity index (χ1n) is 4.91. The second-order valence-electron chi connectivity index (χ2n) is 4.18. The molecule has 0 N–H and O–H groups in total. The SMILES string of the molecule is CCC(C)CN(C)CC1CC1. The highest BCUT2D eigenvalue weighted by molar-refractivity contribution is 4.76. The molecule has 11 heavy (non-hydrogen) atoms. The summed E-state index contributed by atoms with van der Waals surface area (Å²) in [6, 6.07) is 0. The van der Waals surface area contributed by atoms with Crippen LogP contribution in [0, 0.1) is 11.8 Å². The van der Waals surface area contributed by atoms with Crippen molar-refractivity contribution >= 4 is 0 Å². The van der Waals surface area contributed by atoms with E-state index >= 15 is 0 Å². The van der Waals surface area contributed by atoms with Crippen molar-refractivity contribution in [1.29, 1.82) is 0 Å². The van der Waals surface area contributed by atoms with Crippen LogP contribution >= 0.6 is 0 Å². The van der Waals surface area contributed by atoms with Gasteiger partial charge in [-0.25, -0.2) is 0 Å². The molecule has 0 bridgehead atoms. The number of hydrogen-bond donors (Lipinski definition) is 0. The van der Waals surface area contributed by atoms with E-state index in [1.165, 1.54) is 32.4 Å². The molecule has 1 unspecified atom stereocenters. The van der Waals surface area contributed by atoms with E-state index in [1.54, 1.807) is 0 Å². The van der Waals surface area contributed by atoms with Gasteiger partial charge < -0.3 is 4.90 Å². The van der Waals surface area contributed by atoms with E-state index in [4.69, 9.17) is 0 Å². The van der Waals surface area contributed by atoms with Crippen molar-refractivity contribution in [3.05, 3.63) is 0 Å². The fourth-order valence-electron chi connectivity index (χ4n) is 1.48. The van der Waals surface area contributed by atoms with Gasteiger partial charge in [0.25, 0.3) is 0 Å². The minimum absolute atomic E-state index is 0.874. The highest BCUT2D eigenvalue weighted by atomic mass is 15.1. The van der Waals surface area contributed by atoms with Crippen LogP contribution in [0.4, 0.5) is 0 Å². The van der Waals surface area contributed by atoms with E-state index < -0.39 is 0 Å². The van der Waals surface area contributed by atoms with Crippen molar-refractivity contribution < 1.29 is 0 Å². The highest BCUT2D eigenvalue weighted by Gasteiger charge is 2.22. The first-order chi connectivity index (χ1) is 5.22. The minimum Gasteiger partial charge on any atom is -0.306 e. The molecule has 0 aromatic heterocycles. The summed E-state index contributed by atoms with van der Waals surface area (Å²) in [4.78, 5) is 2.49. The van der Waals surface area contributed by atoms with Crippen LogP contribution in [-0.2, 0) is 0 Å². The van der Waals surface area contributed by atoms with Crippen molar-refractivity contribution in [3.8, 4) is 0 Å². The van der Waals surface area contributed by atoms with Gasteiger partial charge in [-0.05, 0) is 31.7 Å². The van der Waals surface area contributed by atoms with Gasteiger partial charge in [-0.3, -0.25) is 0 Å². The zero-order valence-electron chi connectivity index (χ0n) is 8.14. The molecule has 0 aromatic rings. The predicted molar refractivity (Wildman–Crippen MR) is 49.7 cm³/mol. The van der Waals surface area contributed by atoms with Crippen LogP contribution in [0.25, 0.3) is 0 Å². The van der Waals surface area contributed by atoms with Crippen molar-refractivity contribution in [2.45, 2.75) is 33.1 Å². The lowest BCUT2D eigenvalue weighted by Crippen LogP contribution is -2.26. The molecule has 0 spiro atoms. The lowest BCUT2D eigenvalue weighted by molar-refractivity contribution is 0.272. The first kappa shape index (κ1) is 9.05. The quantitative estimate of drug-likeness (QED) is 0.589. The Morgan fingerprint density at radius 2 is 2.09 bits per heavy atom. The van der Waals surface area contributed by atoms with E-state index in [-0.39, 0.29) is 0 Å². The average Bonchev–Trinajstić information content (AvgIpc) is 2.71.